The second-order valence-electron chi connectivity index (χ2n) is 10.5. The van der Waals surface area contributed by atoms with Gasteiger partial charge >= 0.3 is 0 Å². The summed E-state index contributed by atoms with van der Waals surface area (Å²) in [5.41, 5.74) is 12.5. The fourth-order valence-electron chi connectivity index (χ4n) is 5.58. The van der Waals surface area contributed by atoms with E-state index in [1.807, 2.05) is 18.3 Å². The summed E-state index contributed by atoms with van der Waals surface area (Å²) in [6, 6.07) is 62.0. The summed E-state index contributed by atoms with van der Waals surface area (Å²) in [5, 5.41) is 0. The first-order valence-electron chi connectivity index (χ1n) is 14.6. The fraction of sp³-hybridized carbons (Fsp3) is 0. The van der Waals surface area contributed by atoms with Gasteiger partial charge < -0.3 is 4.90 Å². The third-order valence-electron chi connectivity index (χ3n) is 7.77. The first-order chi connectivity index (χ1) is 21.3. The summed E-state index contributed by atoms with van der Waals surface area (Å²) in [6.45, 7) is 0. The van der Waals surface area contributed by atoms with Gasteiger partial charge in [0.2, 0.25) is 0 Å². The molecular weight excluding hydrogens is 520 g/mol. The van der Waals surface area contributed by atoms with Crippen molar-refractivity contribution in [2.45, 2.75) is 0 Å². The molecule has 1 heterocycles. The molecule has 0 radical (unpaired) electrons. The average Bonchev–Trinajstić information content (AvgIpc) is 3.10. The van der Waals surface area contributed by atoms with Crippen LogP contribution in [0.3, 0.4) is 0 Å². The minimum atomic E-state index is 0.973. The highest BCUT2D eigenvalue weighted by molar-refractivity contribution is 5.85. The van der Waals surface area contributed by atoms with Gasteiger partial charge in [-0.1, -0.05) is 127 Å². The van der Waals surface area contributed by atoms with Gasteiger partial charge in [-0.3, -0.25) is 4.98 Å². The SMILES string of the molecule is c1ccc(-c2ccc(N(c3ccc(-c4ccccc4)cc3)c3ccc(-c4ccccc4-c4ccccn4)cc3)cc2)cc1. The molecule has 7 rings (SSSR count). The Bertz CT molecular complexity index is 1830. The molecule has 7 aromatic rings. The number of pyridine rings is 1. The maximum atomic E-state index is 4.61. The highest BCUT2D eigenvalue weighted by Gasteiger charge is 2.15. The van der Waals surface area contributed by atoms with Crippen LogP contribution in [-0.4, -0.2) is 4.98 Å². The molecule has 43 heavy (non-hydrogen) atoms. The Hall–Kier alpha value is -5.73. The fourth-order valence-corrected chi connectivity index (χ4v) is 5.58. The summed E-state index contributed by atoms with van der Waals surface area (Å²) in [6.07, 6.45) is 1.85. The lowest BCUT2D eigenvalue weighted by molar-refractivity contribution is 1.28. The van der Waals surface area contributed by atoms with Gasteiger partial charge in [0.1, 0.15) is 0 Å². The van der Waals surface area contributed by atoms with E-state index in [1.165, 1.54) is 27.8 Å². The predicted molar refractivity (Wildman–Crippen MR) is 181 cm³/mol. The van der Waals surface area contributed by atoms with Crippen LogP contribution in [0.5, 0.6) is 0 Å². The van der Waals surface area contributed by atoms with E-state index in [-0.39, 0.29) is 0 Å². The zero-order chi connectivity index (χ0) is 28.8. The van der Waals surface area contributed by atoms with E-state index in [0.717, 1.165) is 33.9 Å². The van der Waals surface area contributed by atoms with Crippen LogP contribution in [0.25, 0.3) is 44.6 Å². The summed E-state index contributed by atoms with van der Waals surface area (Å²) >= 11 is 0. The van der Waals surface area contributed by atoms with Gasteiger partial charge in [0.25, 0.3) is 0 Å². The topological polar surface area (TPSA) is 16.1 Å². The quantitative estimate of drug-likeness (QED) is 0.196. The molecule has 2 heteroatoms. The van der Waals surface area contributed by atoms with E-state index >= 15 is 0 Å². The Morgan fingerprint density at radius 2 is 0.698 bits per heavy atom. The number of anilines is 3. The van der Waals surface area contributed by atoms with Crippen molar-refractivity contribution in [3.63, 3.8) is 0 Å². The largest absolute Gasteiger partial charge is 0.311 e. The average molecular weight is 551 g/mol. The molecule has 2 nitrogen and oxygen atoms in total. The molecule has 1 aromatic heterocycles. The number of rotatable bonds is 7. The third-order valence-corrected chi connectivity index (χ3v) is 7.77. The van der Waals surface area contributed by atoms with Crippen LogP contribution >= 0.6 is 0 Å². The highest BCUT2D eigenvalue weighted by Crippen LogP contribution is 2.38. The number of hydrogen-bond donors (Lipinski definition) is 0. The highest BCUT2D eigenvalue weighted by atomic mass is 15.1. The standard InChI is InChI=1S/C41H30N2/c1-3-11-31(12-4-1)33-18-24-36(25-19-33)43(37-26-20-34(21-27-37)32-13-5-2-6-14-32)38-28-22-35(23-29-38)39-15-7-8-16-40(39)41-17-9-10-30-42-41/h1-30H. The van der Waals surface area contributed by atoms with Gasteiger partial charge in [0.05, 0.1) is 5.69 Å². The molecule has 0 spiro atoms. The van der Waals surface area contributed by atoms with Crippen molar-refractivity contribution in [3.05, 3.63) is 182 Å². The normalized spacial score (nSPS) is 10.8. The van der Waals surface area contributed by atoms with Crippen LogP contribution in [0, 0.1) is 0 Å². The molecule has 0 N–H and O–H groups in total. The molecule has 0 aliphatic heterocycles. The van der Waals surface area contributed by atoms with Crippen LogP contribution < -0.4 is 4.90 Å². The van der Waals surface area contributed by atoms with Crippen molar-refractivity contribution in [1.82, 2.24) is 4.98 Å². The van der Waals surface area contributed by atoms with Crippen LogP contribution in [0.2, 0.25) is 0 Å². The lowest BCUT2D eigenvalue weighted by Gasteiger charge is -2.26. The van der Waals surface area contributed by atoms with E-state index in [2.05, 4.69) is 174 Å². The van der Waals surface area contributed by atoms with Crippen molar-refractivity contribution >= 4 is 17.1 Å². The summed E-state index contributed by atoms with van der Waals surface area (Å²) in [5.74, 6) is 0. The number of nitrogens with zero attached hydrogens (tertiary/aromatic N) is 2. The Balaban J connectivity index is 1.27. The van der Waals surface area contributed by atoms with Crippen LogP contribution in [0.15, 0.2) is 182 Å². The first kappa shape index (κ1) is 26.2. The molecule has 204 valence electrons. The molecule has 0 aliphatic carbocycles. The zero-order valence-electron chi connectivity index (χ0n) is 23.7. The molecule has 0 bridgehead atoms. The molecule has 6 aromatic carbocycles. The minimum absolute atomic E-state index is 0.973. The minimum Gasteiger partial charge on any atom is -0.311 e. The third kappa shape index (κ3) is 5.59. The molecule has 0 fully saturated rings. The van der Waals surface area contributed by atoms with E-state index in [9.17, 15) is 0 Å². The van der Waals surface area contributed by atoms with Gasteiger partial charge in [0, 0.05) is 28.8 Å². The van der Waals surface area contributed by atoms with Crippen molar-refractivity contribution in [3.8, 4) is 44.6 Å². The predicted octanol–water partition coefficient (Wildman–Crippen LogP) is 11.2. The molecule has 0 saturated heterocycles. The van der Waals surface area contributed by atoms with Gasteiger partial charge in [-0.15, -0.1) is 0 Å². The second-order valence-corrected chi connectivity index (χ2v) is 10.5. The summed E-state index contributed by atoms with van der Waals surface area (Å²) in [7, 11) is 0. The van der Waals surface area contributed by atoms with Gasteiger partial charge in [-0.25, -0.2) is 0 Å². The van der Waals surface area contributed by atoms with E-state index in [1.54, 1.807) is 0 Å². The van der Waals surface area contributed by atoms with Crippen LogP contribution in [0.4, 0.5) is 17.1 Å². The molecular formula is C41H30N2. The van der Waals surface area contributed by atoms with E-state index in [0.29, 0.717) is 0 Å². The number of hydrogen-bond acceptors (Lipinski definition) is 2. The van der Waals surface area contributed by atoms with Crippen molar-refractivity contribution in [2.75, 3.05) is 4.90 Å². The lowest BCUT2D eigenvalue weighted by atomic mass is 9.97. The second kappa shape index (κ2) is 12.0. The molecule has 0 amide bonds. The van der Waals surface area contributed by atoms with Crippen molar-refractivity contribution in [2.24, 2.45) is 0 Å². The monoisotopic (exact) mass is 550 g/mol. The maximum absolute atomic E-state index is 4.61. The smallest absolute Gasteiger partial charge is 0.0708 e. The Morgan fingerprint density at radius 3 is 1.16 bits per heavy atom. The Morgan fingerprint density at radius 1 is 0.302 bits per heavy atom. The van der Waals surface area contributed by atoms with Crippen LogP contribution in [0.1, 0.15) is 0 Å². The molecule has 0 aliphatic rings. The molecule has 0 atom stereocenters. The van der Waals surface area contributed by atoms with Gasteiger partial charge in [-0.05, 0) is 81.9 Å². The Labute approximate surface area is 253 Å². The Kier molecular flexibility index (Phi) is 7.32. The molecule has 0 saturated carbocycles. The number of aromatic nitrogens is 1. The van der Waals surface area contributed by atoms with E-state index < -0.39 is 0 Å². The summed E-state index contributed by atoms with van der Waals surface area (Å²) in [4.78, 5) is 6.93. The van der Waals surface area contributed by atoms with Crippen LogP contribution in [-0.2, 0) is 0 Å². The van der Waals surface area contributed by atoms with Crippen molar-refractivity contribution < 1.29 is 0 Å². The number of benzene rings is 6. The zero-order valence-corrected chi connectivity index (χ0v) is 23.7. The maximum Gasteiger partial charge on any atom is 0.0708 e. The van der Waals surface area contributed by atoms with Gasteiger partial charge in [-0.2, -0.15) is 0 Å². The van der Waals surface area contributed by atoms with Gasteiger partial charge in [0.15, 0.2) is 0 Å². The lowest BCUT2D eigenvalue weighted by Crippen LogP contribution is -2.09. The first-order valence-corrected chi connectivity index (χ1v) is 14.6. The summed E-state index contributed by atoms with van der Waals surface area (Å²) < 4.78 is 0. The van der Waals surface area contributed by atoms with E-state index in [4.69, 9.17) is 0 Å². The molecule has 0 unspecified atom stereocenters. The van der Waals surface area contributed by atoms with Crippen molar-refractivity contribution in [1.29, 1.82) is 0 Å².